The molecule has 47 heavy (non-hydrogen) atoms. The zero-order valence-electron chi connectivity index (χ0n) is 26.2. The molecular weight excluding hydrogens is 571 g/mol. The molecule has 0 aliphatic heterocycles. The third kappa shape index (κ3) is 4.89. The molecule has 6 aromatic rings. The number of fused-ring (bicyclic) bond motifs is 5. The number of rotatable bonds is 6. The topological polar surface area (TPSA) is 16.4 Å². The molecule has 0 saturated heterocycles. The van der Waals surface area contributed by atoms with Crippen LogP contribution in [0.15, 0.2) is 168 Å². The van der Waals surface area contributed by atoms with Crippen LogP contribution in [-0.2, 0) is 6.42 Å². The molecule has 3 aliphatic carbocycles. The molecule has 0 fully saturated rings. The van der Waals surface area contributed by atoms with Crippen molar-refractivity contribution in [1.82, 2.24) is 0 Å². The van der Waals surface area contributed by atoms with Crippen LogP contribution in [0.2, 0.25) is 0 Å². The molecule has 2 atom stereocenters. The van der Waals surface area contributed by atoms with Gasteiger partial charge in [0.25, 0.3) is 0 Å². The van der Waals surface area contributed by atoms with Gasteiger partial charge in [0.05, 0.1) is 6.04 Å². The van der Waals surface area contributed by atoms with Gasteiger partial charge >= 0.3 is 0 Å². The second kappa shape index (κ2) is 11.6. The van der Waals surface area contributed by atoms with E-state index in [1.165, 1.54) is 61.3 Å². The summed E-state index contributed by atoms with van der Waals surface area (Å²) in [5.41, 5.74) is 13.4. The molecule has 0 radical (unpaired) electrons. The van der Waals surface area contributed by atoms with E-state index in [0.717, 1.165) is 30.6 Å². The van der Waals surface area contributed by atoms with E-state index in [4.69, 9.17) is 4.42 Å². The van der Waals surface area contributed by atoms with E-state index in [9.17, 15) is 0 Å². The predicted molar refractivity (Wildman–Crippen MR) is 196 cm³/mol. The van der Waals surface area contributed by atoms with Gasteiger partial charge in [-0.2, -0.15) is 0 Å². The van der Waals surface area contributed by atoms with Crippen LogP contribution >= 0.6 is 0 Å². The van der Waals surface area contributed by atoms with Gasteiger partial charge in [0.15, 0.2) is 0 Å². The van der Waals surface area contributed by atoms with Gasteiger partial charge in [0.1, 0.15) is 11.3 Å². The number of anilines is 2. The average molecular weight is 606 g/mol. The Labute approximate surface area is 276 Å². The quantitative estimate of drug-likeness (QED) is 0.188. The average Bonchev–Trinajstić information content (AvgIpc) is 3.82. The third-order valence-corrected chi connectivity index (χ3v) is 9.98. The Morgan fingerprint density at radius 3 is 2.30 bits per heavy atom. The van der Waals surface area contributed by atoms with E-state index >= 15 is 0 Å². The van der Waals surface area contributed by atoms with Crippen LogP contribution < -0.4 is 4.90 Å². The Kier molecular flexibility index (Phi) is 6.86. The Morgan fingerprint density at radius 2 is 1.47 bits per heavy atom. The molecule has 0 amide bonds. The van der Waals surface area contributed by atoms with Crippen LogP contribution in [0.1, 0.15) is 47.1 Å². The summed E-state index contributed by atoms with van der Waals surface area (Å²) in [6.45, 7) is 0. The van der Waals surface area contributed by atoms with Gasteiger partial charge in [-0.15, -0.1) is 0 Å². The van der Waals surface area contributed by atoms with Crippen LogP contribution in [-0.4, -0.2) is 0 Å². The van der Waals surface area contributed by atoms with Crippen LogP contribution in [0, 0.1) is 0 Å². The van der Waals surface area contributed by atoms with Gasteiger partial charge in [0.2, 0.25) is 0 Å². The summed E-state index contributed by atoms with van der Waals surface area (Å²) in [6.07, 6.45) is 18.5. The Balaban J connectivity index is 1.23. The lowest BCUT2D eigenvalue weighted by molar-refractivity contribution is 0.603. The van der Waals surface area contributed by atoms with E-state index in [1.807, 2.05) is 0 Å². The summed E-state index contributed by atoms with van der Waals surface area (Å²) in [7, 11) is 0. The highest BCUT2D eigenvalue weighted by Crippen LogP contribution is 2.50. The van der Waals surface area contributed by atoms with Crippen LogP contribution in [0.3, 0.4) is 0 Å². The largest absolute Gasteiger partial charge is 0.456 e. The van der Waals surface area contributed by atoms with E-state index in [1.54, 1.807) is 0 Å². The molecule has 2 nitrogen and oxygen atoms in total. The van der Waals surface area contributed by atoms with E-state index in [-0.39, 0.29) is 6.04 Å². The van der Waals surface area contributed by atoms with Crippen molar-refractivity contribution in [3.63, 3.8) is 0 Å². The summed E-state index contributed by atoms with van der Waals surface area (Å²) in [5, 5.41) is 1.22. The fourth-order valence-corrected chi connectivity index (χ4v) is 7.74. The minimum absolute atomic E-state index is 0.0649. The standard InChI is InChI=1S/C45H35NO/c1-3-13-31(14-4-1)33-25-27-36(28-26-33)46(37-20-11-19-35(29-37)32-15-7-8-16-32)42-30-41-44-38(34-17-5-2-6-18-34)23-12-24-43(44)47-45(41)40-22-10-9-21-39(40)42/h1-7,9-13,15-29,31,42H,8,14,30H2. The lowest BCUT2D eigenvalue weighted by atomic mass is 9.83. The molecule has 2 heteroatoms. The van der Waals surface area contributed by atoms with E-state index in [2.05, 4.69) is 169 Å². The van der Waals surface area contributed by atoms with Crippen molar-refractivity contribution in [2.24, 2.45) is 0 Å². The first kappa shape index (κ1) is 27.7. The monoisotopic (exact) mass is 605 g/mol. The normalized spacial score (nSPS) is 17.8. The van der Waals surface area contributed by atoms with Crippen LogP contribution in [0.25, 0.3) is 39.0 Å². The summed E-state index contributed by atoms with van der Waals surface area (Å²) in [4.78, 5) is 2.56. The Bertz CT molecular complexity index is 2230. The van der Waals surface area contributed by atoms with Crippen molar-refractivity contribution >= 4 is 27.9 Å². The second-order valence-electron chi connectivity index (χ2n) is 12.7. The molecular formula is C45H35NO. The number of allylic oxidation sites excluding steroid dienone is 8. The minimum Gasteiger partial charge on any atom is -0.456 e. The summed E-state index contributed by atoms with van der Waals surface area (Å²) in [5.74, 6) is 1.41. The molecule has 2 unspecified atom stereocenters. The number of hydrogen-bond acceptors (Lipinski definition) is 2. The summed E-state index contributed by atoms with van der Waals surface area (Å²) in [6, 6.07) is 44.5. The predicted octanol–water partition coefficient (Wildman–Crippen LogP) is 12.1. The molecule has 1 heterocycles. The lowest BCUT2D eigenvalue weighted by Crippen LogP contribution is -2.28. The van der Waals surface area contributed by atoms with Crippen molar-refractivity contribution in [2.75, 3.05) is 4.90 Å². The van der Waals surface area contributed by atoms with Gasteiger partial charge in [-0.3, -0.25) is 0 Å². The van der Waals surface area contributed by atoms with Crippen molar-refractivity contribution in [3.8, 4) is 22.5 Å². The minimum atomic E-state index is 0.0649. The SMILES string of the molecule is C1=CCC(c2ccc(N(c3cccc(C4=CCC=C4)c3)C3Cc4c(oc5cccc(-c6ccccc6)c45)-c4ccccc43)cc2)C=C1. The first-order valence-corrected chi connectivity index (χ1v) is 16.7. The molecule has 0 saturated carbocycles. The Morgan fingerprint density at radius 1 is 0.660 bits per heavy atom. The molecule has 0 bridgehead atoms. The van der Waals surface area contributed by atoms with Crippen molar-refractivity contribution in [3.05, 3.63) is 186 Å². The maximum Gasteiger partial charge on any atom is 0.139 e. The van der Waals surface area contributed by atoms with Gasteiger partial charge in [-0.25, -0.2) is 0 Å². The van der Waals surface area contributed by atoms with Crippen molar-refractivity contribution in [2.45, 2.75) is 31.2 Å². The zero-order valence-corrected chi connectivity index (χ0v) is 26.2. The van der Waals surface area contributed by atoms with Gasteiger partial charge in [-0.1, -0.05) is 134 Å². The maximum absolute atomic E-state index is 6.74. The molecule has 0 N–H and O–H groups in total. The van der Waals surface area contributed by atoms with Crippen molar-refractivity contribution in [1.29, 1.82) is 0 Å². The second-order valence-corrected chi connectivity index (χ2v) is 12.7. The van der Waals surface area contributed by atoms with Gasteiger partial charge in [-0.05, 0) is 76.6 Å². The molecule has 5 aromatic carbocycles. The molecule has 9 rings (SSSR count). The molecule has 1 aromatic heterocycles. The fraction of sp³-hybridized carbons (Fsp3) is 0.111. The Hall–Kier alpha value is -5.60. The number of furan rings is 1. The maximum atomic E-state index is 6.74. The first-order valence-electron chi connectivity index (χ1n) is 16.7. The first-order chi connectivity index (χ1) is 23.3. The highest BCUT2D eigenvalue weighted by molar-refractivity contribution is 6.01. The fourth-order valence-electron chi connectivity index (χ4n) is 7.74. The highest BCUT2D eigenvalue weighted by atomic mass is 16.3. The molecule has 226 valence electrons. The highest BCUT2D eigenvalue weighted by Gasteiger charge is 2.35. The van der Waals surface area contributed by atoms with E-state index < -0.39 is 0 Å². The van der Waals surface area contributed by atoms with Crippen LogP contribution in [0.5, 0.6) is 0 Å². The van der Waals surface area contributed by atoms with Gasteiger partial charge < -0.3 is 9.32 Å². The molecule has 0 spiro atoms. The number of hydrogen-bond donors (Lipinski definition) is 0. The third-order valence-electron chi connectivity index (χ3n) is 9.98. The zero-order chi connectivity index (χ0) is 31.2. The number of nitrogens with zero attached hydrogens (tertiary/aromatic N) is 1. The van der Waals surface area contributed by atoms with Crippen molar-refractivity contribution < 1.29 is 4.42 Å². The smallest absolute Gasteiger partial charge is 0.139 e. The van der Waals surface area contributed by atoms with Crippen LogP contribution in [0.4, 0.5) is 11.4 Å². The molecule has 3 aliphatic rings. The summed E-state index contributed by atoms with van der Waals surface area (Å²) >= 11 is 0. The number of benzene rings is 5. The van der Waals surface area contributed by atoms with Gasteiger partial charge in [0, 0.05) is 40.2 Å². The van der Waals surface area contributed by atoms with E-state index in [0.29, 0.717) is 5.92 Å². The lowest BCUT2D eigenvalue weighted by Gasteiger charge is -2.38. The summed E-state index contributed by atoms with van der Waals surface area (Å²) < 4.78 is 6.74.